The summed E-state index contributed by atoms with van der Waals surface area (Å²) in [5, 5.41) is 6.59. The van der Waals surface area contributed by atoms with Crippen LogP contribution in [0, 0.1) is 5.95 Å². The van der Waals surface area contributed by atoms with Crippen molar-refractivity contribution in [3.05, 3.63) is 59.7 Å². The van der Waals surface area contributed by atoms with Crippen molar-refractivity contribution in [3.8, 4) is 11.1 Å². The van der Waals surface area contributed by atoms with Crippen LogP contribution >= 0.6 is 0 Å². The number of carbonyl (C=O) groups is 1. The zero-order valence-corrected chi connectivity index (χ0v) is 18.9. The molecule has 172 valence electrons. The number of hydrogen-bond donors (Lipinski definition) is 3. The SMILES string of the molecule is CC(C)(C)c1cc(NC(=O)Cc2ccc(-c3ccc(N)nc3F)cc2)no1.CS(=O)(=O)O. The number of nitrogens with one attached hydrogen (secondary N) is 1. The van der Waals surface area contributed by atoms with E-state index in [1.165, 1.54) is 0 Å². The molecule has 32 heavy (non-hydrogen) atoms. The van der Waals surface area contributed by atoms with Crippen molar-refractivity contribution < 1.29 is 26.7 Å². The maximum Gasteiger partial charge on any atom is 0.261 e. The molecule has 0 atom stereocenters. The standard InChI is InChI=1S/C20H21FN4O2.CH4O3S/c1-20(2,3)15-11-17(25-27-15)24-18(26)10-12-4-6-13(7-5-12)14-8-9-16(22)23-19(14)21;1-5(2,3)4/h4-9,11H,10H2,1-3H3,(H2,22,23)(H,24,25,26);1H3,(H,2,3,4). The zero-order valence-electron chi connectivity index (χ0n) is 18.1. The van der Waals surface area contributed by atoms with Crippen LogP contribution in [0.15, 0.2) is 47.0 Å². The molecule has 11 heteroatoms. The summed E-state index contributed by atoms with van der Waals surface area (Å²) in [5.41, 5.74) is 7.10. The fourth-order valence-electron chi connectivity index (χ4n) is 2.53. The molecule has 0 aliphatic carbocycles. The number of nitrogen functional groups attached to an aromatic ring is 1. The minimum absolute atomic E-state index is 0.131. The Balaban J connectivity index is 0.000000654. The summed E-state index contributed by atoms with van der Waals surface area (Å²) in [6.07, 6.45) is 0.882. The molecule has 3 aromatic rings. The molecule has 1 amide bonds. The molecule has 0 fully saturated rings. The van der Waals surface area contributed by atoms with Gasteiger partial charge < -0.3 is 15.6 Å². The topological polar surface area (TPSA) is 148 Å². The summed E-state index contributed by atoms with van der Waals surface area (Å²) in [6.45, 7) is 6.00. The first-order valence-corrected chi connectivity index (χ1v) is 11.3. The number of anilines is 2. The molecule has 2 aromatic heterocycles. The van der Waals surface area contributed by atoms with Crippen molar-refractivity contribution in [1.82, 2.24) is 10.1 Å². The lowest BCUT2D eigenvalue weighted by Crippen LogP contribution is -2.14. The molecule has 0 unspecified atom stereocenters. The molecule has 4 N–H and O–H groups in total. The van der Waals surface area contributed by atoms with Crippen LogP contribution in [0.5, 0.6) is 0 Å². The van der Waals surface area contributed by atoms with Crippen LogP contribution in [0.3, 0.4) is 0 Å². The quantitative estimate of drug-likeness (QED) is 0.393. The van der Waals surface area contributed by atoms with Gasteiger partial charge in [0.1, 0.15) is 11.6 Å². The molecule has 0 saturated carbocycles. The van der Waals surface area contributed by atoms with Gasteiger partial charge in [-0.05, 0) is 23.3 Å². The van der Waals surface area contributed by atoms with Gasteiger partial charge in [-0.2, -0.15) is 12.8 Å². The van der Waals surface area contributed by atoms with Crippen LogP contribution in [0.25, 0.3) is 11.1 Å². The van der Waals surface area contributed by atoms with E-state index in [-0.39, 0.29) is 23.6 Å². The van der Waals surface area contributed by atoms with Crippen molar-refractivity contribution in [1.29, 1.82) is 0 Å². The van der Waals surface area contributed by atoms with Gasteiger partial charge in [0.25, 0.3) is 10.1 Å². The van der Waals surface area contributed by atoms with Gasteiger partial charge in [0.2, 0.25) is 11.9 Å². The normalized spacial score (nSPS) is 11.4. The van der Waals surface area contributed by atoms with E-state index in [1.54, 1.807) is 42.5 Å². The predicted octanol–water partition coefficient (Wildman–Crippen LogP) is 3.44. The molecule has 0 radical (unpaired) electrons. The minimum atomic E-state index is -3.67. The summed E-state index contributed by atoms with van der Waals surface area (Å²) in [5.74, 6) is 0.378. The van der Waals surface area contributed by atoms with E-state index in [1.807, 2.05) is 20.8 Å². The largest absolute Gasteiger partial charge is 0.384 e. The van der Waals surface area contributed by atoms with E-state index in [2.05, 4.69) is 15.5 Å². The maximum atomic E-state index is 13.9. The van der Waals surface area contributed by atoms with Gasteiger partial charge >= 0.3 is 0 Å². The first kappa shape index (κ1) is 25.0. The van der Waals surface area contributed by atoms with E-state index < -0.39 is 16.1 Å². The van der Waals surface area contributed by atoms with E-state index >= 15 is 0 Å². The number of halogens is 1. The fraction of sp³-hybridized carbons (Fsp3) is 0.286. The molecule has 0 aliphatic heterocycles. The number of pyridine rings is 1. The Morgan fingerprint density at radius 2 is 1.78 bits per heavy atom. The van der Waals surface area contributed by atoms with Crippen molar-refractivity contribution in [3.63, 3.8) is 0 Å². The molecule has 2 heterocycles. The van der Waals surface area contributed by atoms with Crippen LogP contribution in [-0.4, -0.2) is 35.3 Å². The van der Waals surface area contributed by atoms with Gasteiger partial charge in [-0.25, -0.2) is 4.98 Å². The van der Waals surface area contributed by atoms with E-state index in [4.69, 9.17) is 14.8 Å². The molecule has 0 saturated heterocycles. The Labute approximate surface area is 185 Å². The van der Waals surface area contributed by atoms with E-state index in [0.29, 0.717) is 29.0 Å². The summed E-state index contributed by atoms with van der Waals surface area (Å²) < 4.78 is 45.0. The lowest BCUT2D eigenvalue weighted by atomic mass is 9.93. The highest BCUT2D eigenvalue weighted by Crippen LogP contribution is 2.25. The number of benzene rings is 1. The highest BCUT2D eigenvalue weighted by molar-refractivity contribution is 7.85. The second-order valence-electron chi connectivity index (χ2n) is 8.06. The molecule has 3 rings (SSSR count). The van der Waals surface area contributed by atoms with Crippen molar-refractivity contribution in [2.45, 2.75) is 32.6 Å². The molecular weight excluding hydrogens is 439 g/mol. The Morgan fingerprint density at radius 3 is 2.28 bits per heavy atom. The average molecular weight is 465 g/mol. The Morgan fingerprint density at radius 1 is 1.19 bits per heavy atom. The van der Waals surface area contributed by atoms with Crippen LogP contribution in [0.1, 0.15) is 32.1 Å². The Bertz CT molecular complexity index is 1180. The molecule has 0 bridgehead atoms. The summed E-state index contributed by atoms with van der Waals surface area (Å²) in [4.78, 5) is 15.8. The molecular formula is C21H25FN4O5S. The van der Waals surface area contributed by atoms with Crippen molar-refractivity contribution in [2.24, 2.45) is 0 Å². The Kier molecular flexibility index (Phi) is 7.70. The third-order valence-electron chi connectivity index (χ3n) is 4.02. The van der Waals surface area contributed by atoms with Gasteiger partial charge in [-0.1, -0.05) is 50.2 Å². The number of nitrogens with zero attached hydrogens (tertiary/aromatic N) is 2. The number of aromatic nitrogens is 2. The molecule has 9 nitrogen and oxygen atoms in total. The second kappa shape index (κ2) is 9.88. The van der Waals surface area contributed by atoms with Gasteiger partial charge in [-0.3, -0.25) is 9.35 Å². The second-order valence-corrected chi connectivity index (χ2v) is 9.52. The van der Waals surface area contributed by atoms with E-state index in [0.717, 1.165) is 5.56 Å². The number of amides is 1. The van der Waals surface area contributed by atoms with Gasteiger partial charge in [-0.15, -0.1) is 0 Å². The molecule has 0 spiro atoms. The average Bonchev–Trinajstić information content (AvgIpc) is 3.10. The van der Waals surface area contributed by atoms with Crippen LogP contribution in [-0.2, 0) is 26.7 Å². The van der Waals surface area contributed by atoms with Crippen LogP contribution in [0.2, 0.25) is 0 Å². The first-order valence-electron chi connectivity index (χ1n) is 9.43. The number of carbonyl (C=O) groups excluding carboxylic acids is 1. The van der Waals surface area contributed by atoms with E-state index in [9.17, 15) is 17.6 Å². The fourth-order valence-corrected chi connectivity index (χ4v) is 2.53. The van der Waals surface area contributed by atoms with Crippen molar-refractivity contribution >= 4 is 27.7 Å². The molecule has 1 aromatic carbocycles. The lowest BCUT2D eigenvalue weighted by molar-refractivity contribution is -0.115. The summed E-state index contributed by atoms with van der Waals surface area (Å²) >= 11 is 0. The van der Waals surface area contributed by atoms with Crippen LogP contribution in [0.4, 0.5) is 16.0 Å². The predicted molar refractivity (Wildman–Crippen MR) is 119 cm³/mol. The van der Waals surface area contributed by atoms with Crippen LogP contribution < -0.4 is 11.1 Å². The highest BCUT2D eigenvalue weighted by Gasteiger charge is 2.20. The Hall–Kier alpha value is -3.31. The maximum absolute atomic E-state index is 13.9. The molecule has 0 aliphatic rings. The first-order chi connectivity index (χ1) is 14.7. The minimum Gasteiger partial charge on any atom is -0.384 e. The number of nitrogens with two attached hydrogens (primary N) is 1. The summed E-state index contributed by atoms with van der Waals surface area (Å²) in [7, 11) is -3.67. The van der Waals surface area contributed by atoms with Crippen molar-refractivity contribution in [2.75, 3.05) is 17.3 Å². The van der Waals surface area contributed by atoms with Gasteiger partial charge in [0.05, 0.1) is 12.7 Å². The smallest absolute Gasteiger partial charge is 0.261 e. The number of hydrogen-bond acceptors (Lipinski definition) is 7. The van der Waals surface area contributed by atoms with Gasteiger partial charge in [0.15, 0.2) is 5.82 Å². The summed E-state index contributed by atoms with van der Waals surface area (Å²) in [6, 6.07) is 11.9. The third kappa shape index (κ3) is 8.08. The zero-order chi connectivity index (χ0) is 24.1. The monoisotopic (exact) mass is 464 g/mol. The number of rotatable bonds is 4. The van der Waals surface area contributed by atoms with Gasteiger partial charge in [0, 0.05) is 17.0 Å². The lowest BCUT2D eigenvalue weighted by Gasteiger charge is -2.12. The third-order valence-corrected chi connectivity index (χ3v) is 4.02. The highest BCUT2D eigenvalue weighted by atomic mass is 32.2.